The fourth-order valence-corrected chi connectivity index (χ4v) is 1.90. The molecule has 0 saturated carbocycles. The van der Waals surface area contributed by atoms with E-state index in [0.717, 1.165) is 11.3 Å². The Hall–Kier alpha value is -2.07. The second-order valence-corrected chi connectivity index (χ2v) is 4.61. The third kappa shape index (κ3) is 3.48. The van der Waals surface area contributed by atoms with Gasteiger partial charge in [-0.05, 0) is 30.7 Å². The summed E-state index contributed by atoms with van der Waals surface area (Å²) in [7, 11) is 1.61. The summed E-state index contributed by atoms with van der Waals surface area (Å²) in [6.07, 6.45) is 0. The summed E-state index contributed by atoms with van der Waals surface area (Å²) >= 11 is 0. The molecule has 0 bridgehead atoms. The molecule has 0 aliphatic heterocycles. The standard InChI is InChI=1S/C16H18FNO2/c1-11(18)15-7-6-14(9-16(15)17)20-10-12-4-3-5-13(8-12)19-2/h3-9,11H,10,18H2,1-2H3/t11-/m1/s1. The van der Waals surface area contributed by atoms with E-state index in [4.69, 9.17) is 15.2 Å². The van der Waals surface area contributed by atoms with Gasteiger partial charge < -0.3 is 15.2 Å². The van der Waals surface area contributed by atoms with Gasteiger partial charge in [-0.25, -0.2) is 4.39 Å². The van der Waals surface area contributed by atoms with Gasteiger partial charge in [-0.3, -0.25) is 0 Å². The van der Waals surface area contributed by atoms with Crippen LogP contribution in [0.3, 0.4) is 0 Å². The molecule has 3 nitrogen and oxygen atoms in total. The monoisotopic (exact) mass is 275 g/mol. The summed E-state index contributed by atoms with van der Waals surface area (Å²) in [5.41, 5.74) is 7.11. The molecule has 0 aliphatic rings. The number of hydrogen-bond donors (Lipinski definition) is 1. The SMILES string of the molecule is COc1cccc(COc2ccc([C@@H](C)N)c(F)c2)c1. The van der Waals surface area contributed by atoms with Crippen molar-refractivity contribution in [1.82, 2.24) is 0 Å². The third-order valence-corrected chi connectivity index (χ3v) is 3.00. The van der Waals surface area contributed by atoms with Crippen molar-refractivity contribution in [2.75, 3.05) is 7.11 Å². The van der Waals surface area contributed by atoms with Gasteiger partial charge in [-0.1, -0.05) is 18.2 Å². The molecule has 2 N–H and O–H groups in total. The number of hydrogen-bond acceptors (Lipinski definition) is 3. The molecule has 0 unspecified atom stereocenters. The fourth-order valence-electron chi connectivity index (χ4n) is 1.90. The van der Waals surface area contributed by atoms with Crippen LogP contribution < -0.4 is 15.2 Å². The Labute approximate surface area is 118 Å². The molecule has 0 heterocycles. The minimum absolute atomic E-state index is 0.331. The zero-order valence-corrected chi connectivity index (χ0v) is 11.6. The van der Waals surface area contributed by atoms with E-state index in [1.165, 1.54) is 6.07 Å². The van der Waals surface area contributed by atoms with Gasteiger partial charge in [-0.15, -0.1) is 0 Å². The number of rotatable bonds is 5. The van der Waals surface area contributed by atoms with Crippen molar-refractivity contribution < 1.29 is 13.9 Å². The number of nitrogens with two attached hydrogens (primary N) is 1. The normalized spacial score (nSPS) is 12.0. The summed E-state index contributed by atoms with van der Waals surface area (Å²) in [5, 5.41) is 0. The van der Waals surface area contributed by atoms with Crippen LogP contribution in [0.4, 0.5) is 4.39 Å². The van der Waals surface area contributed by atoms with E-state index >= 15 is 0 Å². The Morgan fingerprint density at radius 3 is 2.60 bits per heavy atom. The first-order valence-corrected chi connectivity index (χ1v) is 6.41. The quantitative estimate of drug-likeness (QED) is 0.909. The Balaban J connectivity index is 2.05. The molecule has 2 rings (SSSR count). The average molecular weight is 275 g/mol. The highest BCUT2D eigenvalue weighted by Gasteiger charge is 2.08. The first-order chi connectivity index (χ1) is 9.60. The van der Waals surface area contributed by atoms with Crippen molar-refractivity contribution in [3.05, 3.63) is 59.4 Å². The van der Waals surface area contributed by atoms with Crippen LogP contribution in [-0.4, -0.2) is 7.11 Å². The Bertz CT molecular complexity index is 584. The predicted octanol–water partition coefficient (Wildman–Crippen LogP) is 3.43. The summed E-state index contributed by atoms with van der Waals surface area (Å²) < 4.78 is 24.5. The maximum Gasteiger partial charge on any atom is 0.131 e. The first kappa shape index (κ1) is 14.3. The van der Waals surface area contributed by atoms with Crippen LogP contribution in [0.15, 0.2) is 42.5 Å². The van der Waals surface area contributed by atoms with Crippen molar-refractivity contribution in [3.8, 4) is 11.5 Å². The van der Waals surface area contributed by atoms with Gasteiger partial charge in [0.05, 0.1) is 7.11 Å². The van der Waals surface area contributed by atoms with Gasteiger partial charge >= 0.3 is 0 Å². The summed E-state index contributed by atoms with van der Waals surface area (Å²) in [6, 6.07) is 12.0. The molecule has 20 heavy (non-hydrogen) atoms. The van der Waals surface area contributed by atoms with E-state index in [9.17, 15) is 4.39 Å². The molecule has 1 atom stereocenters. The van der Waals surface area contributed by atoms with E-state index in [2.05, 4.69) is 0 Å². The molecule has 2 aromatic rings. The second kappa shape index (κ2) is 6.39. The van der Waals surface area contributed by atoms with E-state index in [0.29, 0.717) is 17.9 Å². The van der Waals surface area contributed by atoms with Crippen molar-refractivity contribution in [2.24, 2.45) is 5.73 Å². The molecule has 0 radical (unpaired) electrons. The maximum atomic E-state index is 13.8. The Morgan fingerprint density at radius 1 is 1.15 bits per heavy atom. The smallest absolute Gasteiger partial charge is 0.131 e. The van der Waals surface area contributed by atoms with Crippen molar-refractivity contribution in [2.45, 2.75) is 19.6 Å². The highest BCUT2D eigenvalue weighted by molar-refractivity contribution is 5.32. The highest BCUT2D eigenvalue weighted by atomic mass is 19.1. The lowest BCUT2D eigenvalue weighted by Crippen LogP contribution is -2.07. The molecule has 0 aliphatic carbocycles. The molecule has 0 fully saturated rings. The summed E-state index contributed by atoms with van der Waals surface area (Å²) in [4.78, 5) is 0. The van der Waals surface area contributed by atoms with Gasteiger partial charge in [0.2, 0.25) is 0 Å². The lowest BCUT2D eigenvalue weighted by Gasteiger charge is -2.11. The number of methoxy groups -OCH3 is 1. The molecular formula is C16H18FNO2. The van der Waals surface area contributed by atoms with Gasteiger partial charge in [0, 0.05) is 17.7 Å². The molecule has 4 heteroatoms. The minimum atomic E-state index is -0.344. The van der Waals surface area contributed by atoms with E-state index in [1.54, 1.807) is 26.2 Å². The largest absolute Gasteiger partial charge is 0.497 e. The van der Waals surface area contributed by atoms with Crippen LogP contribution in [0.25, 0.3) is 0 Å². The highest BCUT2D eigenvalue weighted by Crippen LogP contribution is 2.22. The molecule has 106 valence electrons. The predicted molar refractivity (Wildman–Crippen MR) is 76.3 cm³/mol. The molecule has 2 aromatic carbocycles. The van der Waals surface area contributed by atoms with Crippen LogP contribution in [0.5, 0.6) is 11.5 Å². The molecule has 0 amide bonds. The number of ether oxygens (including phenoxy) is 2. The number of halogens is 1. The van der Waals surface area contributed by atoms with E-state index in [1.807, 2.05) is 24.3 Å². The van der Waals surface area contributed by atoms with Crippen LogP contribution in [-0.2, 0) is 6.61 Å². The van der Waals surface area contributed by atoms with Crippen LogP contribution >= 0.6 is 0 Å². The topological polar surface area (TPSA) is 44.5 Å². The summed E-state index contributed by atoms with van der Waals surface area (Å²) in [5.74, 6) is 0.905. The van der Waals surface area contributed by atoms with E-state index < -0.39 is 0 Å². The van der Waals surface area contributed by atoms with Crippen LogP contribution in [0, 0.1) is 5.82 Å². The Kier molecular flexibility index (Phi) is 4.58. The zero-order valence-electron chi connectivity index (χ0n) is 11.6. The molecule has 0 aromatic heterocycles. The maximum absolute atomic E-state index is 13.8. The van der Waals surface area contributed by atoms with Gasteiger partial charge in [-0.2, -0.15) is 0 Å². The molecular weight excluding hydrogens is 257 g/mol. The fraction of sp³-hybridized carbons (Fsp3) is 0.250. The average Bonchev–Trinajstić information content (AvgIpc) is 2.45. The second-order valence-electron chi connectivity index (χ2n) is 4.61. The molecule has 0 spiro atoms. The van der Waals surface area contributed by atoms with Crippen LogP contribution in [0.1, 0.15) is 24.1 Å². The molecule has 0 saturated heterocycles. The lowest BCUT2D eigenvalue weighted by molar-refractivity contribution is 0.303. The minimum Gasteiger partial charge on any atom is -0.497 e. The first-order valence-electron chi connectivity index (χ1n) is 6.41. The van der Waals surface area contributed by atoms with Crippen LogP contribution in [0.2, 0.25) is 0 Å². The zero-order chi connectivity index (χ0) is 14.5. The van der Waals surface area contributed by atoms with Crippen molar-refractivity contribution in [1.29, 1.82) is 0 Å². The lowest BCUT2D eigenvalue weighted by atomic mass is 10.1. The van der Waals surface area contributed by atoms with E-state index in [-0.39, 0.29) is 11.9 Å². The van der Waals surface area contributed by atoms with Crippen molar-refractivity contribution in [3.63, 3.8) is 0 Å². The third-order valence-electron chi connectivity index (χ3n) is 3.00. The number of benzene rings is 2. The Morgan fingerprint density at radius 2 is 1.95 bits per heavy atom. The summed E-state index contributed by atoms with van der Waals surface area (Å²) in [6.45, 7) is 2.10. The van der Waals surface area contributed by atoms with Crippen molar-refractivity contribution >= 4 is 0 Å². The van der Waals surface area contributed by atoms with Gasteiger partial charge in [0.1, 0.15) is 23.9 Å². The van der Waals surface area contributed by atoms with Gasteiger partial charge in [0.15, 0.2) is 0 Å². The van der Waals surface area contributed by atoms with Gasteiger partial charge in [0.25, 0.3) is 0 Å².